The first-order valence-electron chi connectivity index (χ1n) is 8.14. The highest BCUT2D eigenvalue weighted by Crippen LogP contribution is 2.32. The zero-order valence-corrected chi connectivity index (χ0v) is 15.4. The number of hydrogen-bond acceptors (Lipinski definition) is 6. The first-order chi connectivity index (χ1) is 11.4. The van der Waals surface area contributed by atoms with E-state index in [4.69, 9.17) is 5.14 Å². The lowest BCUT2D eigenvalue weighted by Crippen LogP contribution is -2.33. The number of nitrogens with two attached hydrogens (primary N) is 1. The molecule has 0 amide bonds. The average molecular weight is 370 g/mol. The van der Waals surface area contributed by atoms with Gasteiger partial charge < -0.3 is 9.47 Å². The molecule has 0 radical (unpaired) electrons. The Kier molecular flexibility index (Phi) is 5.21. The second kappa shape index (κ2) is 7.20. The molecule has 24 heavy (non-hydrogen) atoms. The lowest BCUT2D eigenvalue weighted by molar-refractivity contribution is 0.363. The molecule has 0 bridgehead atoms. The molecule has 132 valence electrons. The second-order valence-corrected chi connectivity index (χ2v) is 9.02. The van der Waals surface area contributed by atoms with Gasteiger partial charge in [0, 0.05) is 32.0 Å². The van der Waals surface area contributed by atoms with Gasteiger partial charge in [-0.1, -0.05) is 11.3 Å². The molecule has 3 rings (SSSR count). The van der Waals surface area contributed by atoms with Crippen molar-refractivity contribution in [1.29, 1.82) is 0 Å². The van der Waals surface area contributed by atoms with E-state index in [1.54, 1.807) is 6.92 Å². The molecule has 0 saturated carbocycles. The Bertz CT molecular complexity index is 762. The zero-order valence-electron chi connectivity index (χ0n) is 13.8. The Labute approximate surface area is 146 Å². The maximum Gasteiger partial charge on any atom is 0.249 e. The number of imidazole rings is 1. The number of nitrogens with zero attached hydrogens (tertiary/aromatic N) is 4. The smallest absolute Gasteiger partial charge is 0.249 e. The molecule has 1 aliphatic rings. The van der Waals surface area contributed by atoms with Crippen LogP contribution >= 0.6 is 11.3 Å². The number of primary sulfonamides is 1. The number of hydrogen-bond donors (Lipinski definition) is 1. The summed E-state index contributed by atoms with van der Waals surface area (Å²) >= 11 is 1.18. The summed E-state index contributed by atoms with van der Waals surface area (Å²) in [4.78, 5) is 10.6. The maximum atomic E-state index is 11.5. The minimum absolute atomic E-state index is 0.181. The Morgan fingerprint density at radius 1 is 1.38 bits per heavy atom. The van der Waals surface area contributed by atoms with E-state index in [1.165, 1.54) is 17.8 Å². The molecular formula is C15H23N5O2S2. The summed E-state index contributed by atoms with van der Waals surface area (Å²) in [6.07, 6.45) is 10.3. The van der Waals surface area contributed by atoms with Gasteiger partial charge in [0.25, 0.3) is 0 Å². The van der Waals surface area contributed by atoms with Crippen LogP contribution in [0.15, 0.2) is 22.9 Å². The van der Waals surface area contributed by atoms with Crippen LogP contribution in [0, 0.1) is 12.8 Å². The van der Waals surface area contributed by atoms with Crippen LogP contribution in [0.4, 0.5) is 5.13 Å². The van der Waals surface area contributed by atoms with Crippen molar-refractivity contribution >= 4 is 26.5 Å². The maximum absolute atomic E-state index is 11.5. The van der Waals surface area contributed by atoms with Crippen LogP contribution in [0.5, 0.6) is 0 Å². The normalized spacial score (nSPS) is 16.7. The molecule has 2 N–H and O–H groups in total. The van der Waals surface area contributed by atoms with Gasteiger partial charge in [-0.3, -0.25) is 0 Å². The fourth-order valence-electron chi connectivity index (χ4n) is 3.16. The Hall–Kier alpha value is -1.45. The number of sulfonamides is 1. The fraction of sp³-hybridized carbons (Fsp3) is 0.600. The van der Waals surface area contributed by atoms with Crippen LogP contribution in [0.25, 0.3) is 0 Å². The van der Waals surface area contributed by atoms with Crippen molar-refractivity contribution in [2.45, 2.75) is 43.4 Å². The molecule has 0 aliphatic carbocycles. The van der Waals surface area contributed by atoms with Crippen LogP contribution in [-0.4, -0.2) is 36.0 Å². The Morgan fingerprint density at radius 3 is 2.71 bits per heavy atom. The highest BCUT2D eigenvalue weighted by molar-refractivity contribution is 7.91. The highest BCUT2D eigenvalue weighted by Gasteiger charge is 2.24. The van der Waals surface area contributed by atoms with Gasteiger partial charge >= 0.3 is 0 Å². The van der Waals surface area contributed by atoms with Crippen LogP contribution in [-0.2, 0) is 16.6 Å². The van der Waals surface area contributed by atoms with Gasteiger partial charge in [-0.25, -0.2) is 23.5 Å². The summed E-state index contributed by atoms with van der Waals surface area (Å²) in [7, 11) is -3.67. The number of anilines is 1. The van der Waals surface area contributed by atoms with Gasteiger partial charge in [-0.05, 0) is 38.5 Å². The predicted octanol–water partition coefficient (Wildman–Crippen LogP) is 1.99. The second-order valence-electron chi connectivity index (χ2n) is 6.29. The van der Waals surface area contributed by atoms with Gasteiger partial charge in [0.1, 0.15) is 0 Å². The van der Waals surface area contributed by atoms with E-state index in [-0.39, 0.29) is 4.21 Å². The van der Waals surface area contributed by atoms with E-state index in [0.717, 1.165) is 49.9 Å². The van der Waals surface area contributed by atoms with Gasteiger partial charge in [0.05, 0.1) is 12.0 Å². The van der Waals surface area contributed by atoms with Crippen molar-refractivity contribution in [2.75, 3.05) is 18.0 Å². The molecule has 0 unspecified atom stereocenters. The average Bonchev–Trinajstić information content (AvgIpc) is 3.17. The van der Waals surface area contributed by atoms with Crippen LogP contribution in [0.2, 0.25) is 0 Å². The van der Waals surface area contributed by atoms with E-state index in [1.807, 2.05) is 18.7 Å². The molecule has 2 aromatic rings. The SMILES string of the molecule is Cc1nc(N2CCC(CCCn3ccnc3)CC2)sc1S(N)(=O)=O. The van der Waals surface area contributed by atoms with Crippen molar-refractivity contribution < 1.29 is 8.42 Å². The quantitative estimate of drug-likeness (QED) is 0.840. The predicted molar refractivity (Wildman–Crippen MR) is 94.6 cm³/mol. The monoisotopic (exact) mass is 369 g/mol. The van der Waals surface area contributed by atoms with Crippen molar-refractivity contribution in [1.82, 2.24) is 14.5 Å². The molecule has 1 aliphatic heterocycles. The summed E-state index contributed by atoms with van der Waals surface area (Å²) in [5.74, 6) is 0.726. The Balaban J connectivity index is 1.50. The molecular weight excluding hydrogens is 346 g/mol. The van der Waals surface area contributed by atoms with E-state index in [9.17, 15) is 8.42 Å². The van der Waals surface area contributed by atoms with E-state index < -0.39 is 10.0 Å². The molecule has 7 nitrogen and oxygen atoms in total. The van der Waals surface area contributed by atoms with Crippen molar-refractivity contribution in [3.05, 3.63) is 24.4 Å². The van der Waals surface area contributed by atoms with Crippen LogP contribution in [0.1, 0.15) is 31.4 Å². The molecule has 9 heteroatoms. The number of rotatable bonds is 6. The summed E-state index contributed by atoms with van der Waals surface area (Å²) in [6.45, 7) is 4.56. The molecule has 0 atom stereocenters. The summed E-state index contributed by atoms with van der Waals surface area (Å²) < 4.78 is 25.4. The Morgan fingerprint density at radius 2 is 2.12 bits per heavy atom. The molecule has 3 heterocycles. The van der Waals surface area contributed by atoms with Crippen molar-refractivity contribution in [3.63, 3.8) is 0 Å². The number of thiazole rings is 1. The lowest BCUT2D eigenvalue weighted by atomic mass is 9.92. The van der Waals surface area contributed by atoms with Crippen LogP contribution in [0.3, 0.4) is 0 Å². The van der Waals surface area contributed by atoms with Gasteiger partial charge in [0.15, 0.2) is 9.34 Å². The molecule has 0 spiro atoms. The van der Waals surface area contributed by atoms with E-state index in [2.05, 4.69) is 19.4 Å². The van der Waals surface area contributed by atoms with Gasteiger partial charge in [-0.2, -0.15) is 0 Å². The number of piperidine rings is 1. The van der Waals surface area contributed by atoms with Crippen molar-refractivity contribution in [3.8, 4) is 0 Å². The van der Waals surface area contributed by atoms with Gasteiger partial charge in [0.2, 0.25) is 10.0 Å². The minimum atomic E-state index is -3.67. The molecule has 0 aromatic carbocycles. The largest absolute Gasteiger partial charge is 0.348 e. The van der Waals surface area contributed by atoms with E-state index >= 15 is 0 Å². The van der Waals surface area contributed by atoms with Crippen LogP contribution < -0.4 is 10.0 Å². The summed E-state index contributed by atoms with van der Waals surface area (Å²) in [5.41, 5.74) is 0.500. The number of aromatic nitrogens is 3. The summed E-state index contributed by atoms with van der Waals surface area (Å²) in [6, 6.07) is 0. The van der Waals surface area contributed by atoms with Gasteiger partial charge in [-0.15, -0.1) is 0 Å². The number of aryl methyl sites for hydroxylation is 2. The molecule has 1 fully saturated rings. The standard InChI is InChI=1S/C15H23N5O2S2/c1-12-14(24(16,21)22)23-15(18-12)20-8-4-13(5-9-20)3-2-7-19-10-6-17-11-19/h6,10-11,13H,2-5,7-9H2,1H3,(H2,16,21,22). The minimum Gasteiger partial charge on any atom is -0.348 e. The summed E-state index contributed by atoms with van der Waals surface area (Å²) in [5, 5.41) is 6.01. The zero-order chi connectivity index (χ0) is 17.2. The highest BCUT2D eigenvalue weighted by atomic mass is 32.2. The lowest BCUT2D eigenvalue weighted by Gasteiger charge is -2.31. The third-order valence-corrected chi connectivity index (χ3v) is 7.25. The molecule has 2 aromatic heterocycles. The van der Waals surface area contributed by atoms with Crippen molar-refractivity contribution in [2.24, 2.45) is 11.1 Å². The fourth-order valence-corrected chi connectivity index (χ4v) is 5.16. The van der Waals surface area contributed by atoms with E-state index in [0.29, 0.717) is 5.69 Å². The first kappa shape index (κ1) is 17.4. The topological polar surface area (TPSA) is 94.1 Å². The third-order valence-electron chi connectivity index (χ3n) is 4.47. The third kappa shape index (κ3) is 4.14. The first-order valence-corrected chi connectivity index (χ1v) is 10.5. The molecule has 1 saturated heterocycles.